The summed E-state index contributed by atoms with van der Waals surface area (Å²) in [6, 6.07) is 9.46. The molecule has 0 spiro atoms. The van der Waals surface area contributed by atoms with Gasteiger partial charge in [-0.3, -0.25) is 4.79 Å². The Morgan fingerprint density at radius 2 is 1.69 bits per heavy atom. The van der Waals surface area contributed by atoms with Crippen molar-refractivity contribution in [1.82, 2.24) is 14.5 Å². The Hall–Kier alpha value is -4.54. The predicted octanol–water partition coefficient (Wildman–Crippen LogP) is 6.25. The number of pyridine rings is 1. The molecule has 1 saturated carbocycles. The molecule has 220 valence electrons. The third-order valence-electron chi connectivity index (χ3n) is 7.76. The molecule has 0 bridgehead atoms. The second kappa shape index (κ2) is 12.1. The molecule has 1 atom stereocenters. The molecule has 1 unspecified atom stereocenters. The largest absolute Gasteiger partial charge is 0.481 e. The first kappa shape index (κ1) is 29.0. The van der Waals surface area contributed by atoms with Gasteiger partial charge in [0.05, 0.1) is 43.5 Å². The van der Waals surface area contributed by atoms with Gasteiger partial charge in [0.1, 0.15) is 11.9 Å². The number of benzene rings is 2. The Bertz CT molecular complexity index is 1650. The summed E-state index contributed by atoms with van der Waals surface area (Å²) in [4.78, 5) is 35.3. The number of imidazole rings is 1. The predicted molar refractivity (Wildman–Crippen MR) is 153 cm³/mol. The Morgan fingerprint density at radius 3 is 2.36 bits per heavy atom. The lowest BCUT2D eigenvalue weighted by atomic mass is 9.83. The zero-order chi connectivity index (χ0) is 30.0. The zero-order valence-corrected chi connectivity index (χ0v) is 23.9. The lowest BCUT2D eigenvalue weighted by Gasteiger charge is -2.32. The zero-order valence-electron chi connectivity index (χ0n) is 23.9. The van der Waals surface area contributed by atoms with Crippen LogP contribution in [0.4, 0.5) is 14.5 Å². The first-order chi connectivity index (χ1) is 20.2. The molecule has 9 nitrogen and oxygen atoms in total. The summed E-state index contributed by atoms with van der Waals surface area (Å²) in [6.45, 7) is 1.78. The van der Waals surface area contributed by atoms with E-state index in [-0.39, 0.29) is 34.6 Å². The average molecular weight is 579 g/mol. The van der Waals surface area contributed by atoms with E-state index in [1.165, 1.54) is 21.3 Å². The molecule has 42 heavy (non-hydrogen) atoms. The molecule has 2 heterocycles. The van der Waals surface area contributed by atoms with Gasteiger partial charge < -0.3 is 24.1 Å². The number of aromatic nitrogens is 3. The minimum Gasteiger partial charge on any atom is -0.481 e. The van der Waals surface area contributed by atoms with Gasteiger partial charge in [0.25, 0.3) is 0 Å². The number of hydrogen-bond acceptors (Lipinski definition) is 7. The number of carbonyl (C=O) groups excluding carboxylic acids is 2. The van der Waals surface area contributed by atoms with Crippen molar-refractivity contribution in [2.75, 3.05) is 26.6 Å². The number of esters is 1. The summed E-state index contributed by atoms with van der Waals surface area (Å²) >= 11 is 0. The Kier molecular flexibility index (Phi) is 8.37. The molecular formula is C31H32F2N4O5. The third-order valence-corrected chi connectivity index (χ3v) is 7.76. The van der Waals surface area contributed by atoms with Crippen LogP contribution in [-0.2, 0) is 9.53 Å². The third kappa shape index (κ3) is 5.50. The molecule has 0 radical (unpaired) electrons. The minimum absolute atomic E-state index is 0.116. The number of aryl methyl sites for hydroxylation is 1. The van der Waals surface area contributed by atoms with Gasteiger partial charge in [-0.25, -0.2) is 18.6 Å². The van der Waals surface area contributed by atoms with Gasteiger partial charge in [0.2, 0.25) is 17.7 Å². The second-order valence-corrected chi connectivity index (χ2v) is 10.3. The van der Waals surface area contributed by atoms with Gasteiger partial charge in [0, 0.05) is 23.9 Å². The highest BCUT2D eigenvalue weighted by Crippen LogP contribution is 2.41. The van der Waals surface area contributed by atoms with Crippen LogP contribution in [0.15, 0.2) is 42.5 Å². The molecule has 1 fully saturated rings. The van der Waals surface area contributed by atoms with Crippen LogP contribution in [0.3, 0.4) is 0 Å². The highest BCUT2D eigenvalue weighted by atomic mass is 19.2. The van der Waals surface area contributed by atoms with Crippen LogP contribution in [0.1, 0.15) is 54.1 Å². The Balaban J connectivity index is 1.69. The number of methoxy groups -OCH3 is 3. The summed E-state index contributed by atoms with van der Waals surface area (Å²) in [5.41, 5.74) is 2.43. The standard InChI is InChI=1S/C31H32F2N4O5/c1-17-14-19(31(39)42-4)10-12-23(17)35-29(38)27(18-8-6-5-7-9-18)37-25-16-22(33)21(32)15-24(25)34-28(37)20-11-13-26(40-2)36-30(20)41-3/h10-16,18,27H,5-9H2,1-4H3,(H,35,38). The number of ether oxygens (including phenoxy) is 3. The van der Waals surface area contributed by atoms with E-state index in [1.54, 1.807) is 41.8 Å². The van der Waals surface area contributed by atoms with Crippen molar-refractivity contribution >= 4 is 28.6 Å². The van der Waals surface area contributed by atoms with E-state index in [9.17, 15) is 18.4 Å². The van der Waals surface area contributed by atoms with E-state index < -0.39 is 23.6 Å². The van der Waals surface area contributed by atoms with E-state index in [4.69, 9.17) is 14.2 Å². The Morgan fingerprint density at radius 1 is 0.952 bits per heavy atom. The number of amides is 1. The van der Waals surface area contributed by atoms with E-state index in [1.807, 2.05) is 0 Å². The number of carbonyl (C=O) groups is 2. The maximum absolute atomic E-state index is 14.7. The molecule has 0 aliphatic heterocycles. The topological polar surface area (TPSA) is 105 Å². The molecule has 1 N–H and O–H groups in total. The minimum atomic E-state index is -1.05. The molecule has 2 aromatic carbocycles. The molecule has 4 aromatic rings. The molecular weight excluding hydrogens is 546 g/mol. The molecule has 5 rings (SSSR count). The summed E-state index contributed by atoms with van der Waals surface area (Å²) in [5, 5.41) is 3.02. The monoisotopic (exact) mass is 578 g/mol. The van der Waals surface area contributed by atoms with Crippen molar-refractivity contribution in [2.24, 2.45) is 5.92 Å². The fraction of sp³-hybridized carbons (Fsp3) is 0.355. The van der Waals surface area contributed by atoms with Crippen LogP contribution in [0.25, 0.3) is 22.4 Å². The number of nitrogens with zero attached hydrogens (tertiary/aromatic N) is 3. The number of rotatable bonds is 8. The Labute approximate surface area is 241 Å². The SMILES string of the molecule is COC(=O)c1ccc(NC(=O)C(C2CCCCC2)n2c(-c3ccc(OC)nc3OC)nc3cc(F)c(F)cc32)c(C)c1. The van der Waals surface area contributed by atoms with E-state index in [0.29, 0.717) is 28.3 Å². The van der Waals surface area contributed by atoms with Gasteiger partial charge in [-0.15, -0.1) is 0 Å². The lowest BCUT2D eigenvalue weighted by molar-refractivity contribution is -0.121. The number of anilines is 1. The molecule has 1 amide bonds. The van der Waals surface area contributed by atoms with E-state index in [2.05, 4.69) is 15.3 Å². The number of fused-ring (bicyclic) bond motifs is 1. The van der Waals surface area contributed by atoms with Crippen LogP contribution >= 0.6 is 0 Å². The van der Waals surface area contributed by atoms with Crippen LogP contribution in [0, 0.1) is 24.5 Å². The maximum atomic E-state index is 14.7. The first-order valence-electron chi connectivity index (χ1n) is 13.7. The van der Waals surface area contributed by atoms with Gasteiger partial charge >= 0.3 is 5.97 Å². The van der Waals surface area contributed by atoms with Crippen molar-refractivity contribution in [2.45, 2.75) is 45.1 Å². The molecule has 1 aliphatic rings. The van der Waals surface area contributed by atoms with Crippen molar-refractivity contribution < 1.29 is 32.6 Å². The van der Waals surface area contributed by atoms with Gasteiger partial charge in [0.15, 0.2) is 11.6 Å². The smallest absolute Gasteiger partial charge is 0.337 e. The van der Waals surface area contributed by atoms with E-state index in [0.717, 1.165) is 44.2 Å². The molecule has 1 aliphatic carbocycles. The normalized spacial score (nSPS) is 14.4. The summed E-state index contributed by atoms with van der Waals surface area (Å²) in [5.74, 6) is -2.26. The van der Waals surface area contributed by atoms with Crippen molar-refractivity contribution in [3.8, 4) is 23.1 Å². The summed E-state index contributed by atoms with van der Waals surface area (Å²) in [6.07, 6.45) is 4.43. The van der Waals surface area contributed by atoms with E-state index >= 15 is 0 Å². The van der Waals surface area contributed by atoms with Crippen LogP contribution in [0.5, 0.6) is 11.8 Å². The fourth-order valence-corrected chi connectivity index (χ4v) is 5.67. The quantitative estimate of drug-likeness (QED) is 0.247. The van der Waals surface area contributed by atoms with Crippen molar-refractivity contribution in [3.63, 3.8) is 0 Å². The number of hydrogen-bond donors (Lipinski definition) is 1. The average Bonchev–Trinajstić information content (AvgIpc) is 3.35. The highest BCUT2D eigenvalue weighted by Gasteiger charge is 2.36. The number of halogens is 2. The summed E-state index contributed by atoms with van der Waals surface area (Å²) < 4.78 is 46.4. The van der Waals surface area contributed by atoms with Crippen LogP contribution < -0.4 is 14.8 Å². The van der Waals surface area contributed by atoms with Crippen molar-refractivity contribution in [1.29, 1.82) is 0 Å². The summed E-state index contributed by atoms with van der Waals surface area (Å²) in [7, 11) is 4.23. The van der Waals surface area contributed by atoms with Gasteiger partial charge in [-0.05, 0) is 55.5 Å². The lowest BCUT2D eigenvalue weighted by Crippen LogP contribution is -2.34. The molecule has 0 saturated heterocycles. The molecule has 2 aromatic heterocycles. The fourth-order valence-electron chi connectivity index (χ4n) is 5.67. The number of nitrogens with one attached hydrogen (secondary N) is 1. The second-order valence-electron chi connectivity index (χ2n) is 10.3. The van der Waals surface area contributed by atoms with Crippen molar-refractivity contribution in [3.05, 3.63) is 65.2 Å². The van der Waals surface area contributed by atoms with Crippen LogP contribution in [-0.4, -0.2) is 47.7 Å². The van der Waals surface area contributed by atoms with Gasteiger partial charge in [-0.1, -0.05) is 19.3 Å². The molecule has 11 heteroatoms. The maximum Gasteiger partial charge on any atom is 0.337 e. The highest BCUT2D eigenvalue weighted by molar-refractivity contribution is 5.98. The van der Waals surface area contributed by atoms with Crippen LogP contribution in [0.2, 0.25) is 0 Å². The van der Waals surface area contributed by atoms with Gasteiger partial charge in [-0.2, -0.15) is 4.98 Å². The first-order valence-corrected chi connectivity index (χ1v) is 13.7.